The lowest BCUT2D eigenvalue weighted by Crippen LogP contribution is -2.25. The molecule has 0 fully saturated rings. The molecule has 0 aromatic carbocycles. The molecule has 124 valence electrons. The van der Waals surface area contributed by atoms with Gasteiger partial charge in [-0.3, -0.25) is 0 Å². The summed E-state index contributed by atoms with van der Waals surface area (Å²) in [6.45, 7) is 7.73. The lowest BCUT2D eigenvalue weighted by molar-refractivity contribution is 0.436. The quantitative estimate of drug-likeness (QED) is 0.429. The first-order valence-electron chi connectivity index (χ1n) is 8.52. The Labute approximate surface area is 139 Å². The van der Waals surface area contributed by atoms with Crippen LogP contribution in [-0.2, 0) is 13.0 Å². The Kier molecular flexibility index (Phi) is 7.46. The Morgan fingerprint density at radius 3 is 2.91 bits per heavy atom. The van der Waals surface area contributed by atoms with Gasteiger partial charge in [0, 0.05) is 13.0 Å². The van der Waals surface area contributed by atoms with Gasteiger partial charge < -0.3 is 9.88 Å². The fraction of sp³-hybridized carbons (Fsp3) is 0.765. The highest BCUT2D eigenvalue weighted by molar-refractivity contribution is 7.98. The second kappa shape index (κ2) is 9.36. The van der Waals surface area contributed by atoms with Crippen LogP contribution < -0.4 is 5.32 Å². The molecule has 1 aliphatic carbocycles. The van der Waals surface area contributed by atoms with Gasteiger partial charge in [0.15, 0.2) is 5.16 Å². The molecule has 0 aliphatic heterocycles. The highest BCUT2D eigenvalue weighted by atomic mass is 32.2. The molecule has 0 amide bonds. The molecular formula is C17H30N4S. The zero-order chi connectivity index (χ0) is 15.8. The minimum atomic E-state index is 0.623. The van der Waals surface area contributed by atoms with E-state index in [4.69, 9.17) is 0 Å². The first kappa shape index (κ1) is 17.5. The number of aryl methyl sites for hydroxylation is 1. The van der Waals surface area contributed by atoms with Gasteiger partial charge >= 0.3 is 0 Å². The van der Waals surface area contributed by atoms with E-state index in [1.54, 1.807) is 11.8 Å². The van der Waals surface area contributed by atoms with Gasteiger partial charge in [-0.05, 0) is 56.9 Å². The molecule has 1 unspecified atom stereocenters. The van der Waals surface area contributed by atoms with E-state index in [1.165, 1.54) is 19.3 Å². The third-order valence-electron chi connectivity index (χ3n) is 4.09. The van der Waals surface area contributed by atoms with E-state index in [1.807, 2.05) is 0 Å². The number of nitrogens with zero attached hydrogens (tertiary/aromatic N) is 3. The van der Waals surface area contributed by atoms with Crippen LogP contribution in [0.5, 0.6) is 0 Å². The van der Waals surface area contributed by atoms with Crippen molar-refractivity contribution in [1.29, 1.82) is 0 Å². The minimum Gasteiger partial charge on any atom is -0.316 e. The lowest BCUT2D eigenvalue weighted by Gasteiger charge is -2.18. The number of hydrogen-bond donors (Lipinski definition) is 1. The maximum Gasteiger partial charge on any atom is 0.190 e. The third kappa shape index (κ3) is 5.43. The predicted octanol–water partition coefficient (Wildman–Crippen LogP) is 3.53. The second-order valence-electron chi connectivity index (χ2n) is 6.57. The number of thioether (sulfide) groups is 1. The standard InChI is InChI=1S/C17H30N4S/c1-14(2)13-21-16(19-20-17(21)22-3)10-7-11-18-12-15-8-5-4-6-9-15/h4-5,14-15,18H,6-13H2,1-3H3. The Balaban J connectivity index is 1.72. The van der Waals surface area contributed by atoms with Gasteiger partial charge in [0.05, 0.1) is 0 Å². The first-order valence-corrected chi connectivity index (χ1v) is 9.75. The van der Waals surface area contributed by atoms with Crippen molar-refractivity contribution in [3.63, 3.8) is 0 Å². The molecule has 5 heteroatoms. The summed E-state index contributed by atoms with van der Waals surface area (Å²) < 4.78 is 2.29. The molecule has 1 aromatic heterocycles. The van der Waals surface area contributed by atoms with Crippen LogP contribution in [0.4, 0.5) is 0 Å². The maximum absolute atomic E-state index is 4.38. The van der Waals surface area contributed by atoms with Crippen LogP contribution in [-0.4, -0.2) is 34.1 Å². The third-order valence-corrected chi connectivity index (χ3v) is 4.76. The van der Waals surface area contributed by atoms with Crippen molar-refractivity contribution in [2.75, 3.05) is 19.3 Å². The van der Waals surface area contributed by atoms with Crippen molar-refractivity contribution in [3.05, 3.63) is 18.0 Å². The molecule has 1 heterocycles. The number of nitrogens with one attached hydrogen (secondary N) is 1. The molecule has 0 saturated carbocycles. The summed E-state index contributed by atoms with van der Waals surface area (Å²) in [5, 5.41) is 13.3. The van der Waals surface area contributed by atoms with Gasteiger partial charge in [-0.1, -0.05) is 37.8 Å². The van der Waals surface area contributed by atoms with Crippen LogP contribution >= 0.6 is 11.8 Å². The Morgan fingerprint density at radius 2 is 2.23 bits per heavy atom. The van der Waals surface area contributed by atoms with E-state index < -0.39 is 0 Å². The van der Waals surface area contributed by atoms with Gasteiger partial charge in [-0.15, -0.1) is 10.2 Å². The molecule has 1 aromatic rings. The van der Waals surface area contributed by atoms with Crippen molar-refractivity contribution in [1.82, 2.24) is 20.1 Å². The van der Waals surface area contributed by atoms with Gasteiger partial charge in [0.1, 0.15) is 5.82 Å². The smallest absolute Gasteiger partial charge is 0.190 e. The van der Waals surface area contributed by atoms with Gasteiger partial charge in [0.2, 0.25) is 0 Å². The second-order valence-corrected chi connectivity index (χ2v) is 7.34. The van der Waals surface area contributed by atoms with Crippen LogP contribution in [0.2, 0.25) is 0 Å². The molecule has 0 bridgehead atoms. The summed E-state index contributed by atoms with van der Waals surface area (Å²) in [5.74, 6) is 2.59. The van der Waals surface area contributed by atoms with Crippen molar-refractivity contribution >= 4 is 11.8 Å². The van der Waals surface area contributed by atoms with Gasteiger partial charge in [-0.25, -0.2) is 0 Å². The first-order chi connectivity index (χ1) is 10.7. The van der Waals surface area contributed by atoms with Crippen LogP contribution in [0.25, 0.3) is 0 Å². The van der Waals surface area contributed by atoms with Crippen LogP contribution in [0.15, 0.2) is 17.3 Å². The number of hydrogen-bond acceptors (Lipinski definition) is 4. The lowest BCUT2D eigenvalue weighted by atomic mass is 9.94. The summed E-state index contributed by atoms with van der Waals surface area (Å²) in [4.78, 5) is 0. The summed E-state index contributed by atoms with van der Waals surface area (Å²) in [6.07, 6.45) is 12.7. The largest absolute Gasteiger partial charge is 0.316 e. The van der Waals surface area contributed by atoms with Gasteiger partial charge in [-0.2, -0.15) is 0 Å². The van der Waals surface area contributed by atoms with Crippen molar-refractivity contribution in [3.8, 4) is 0 Å². The predicted molar refractivity (Wildman–Crippen MR) is 94.3 cm³/mol. The molecule has 4 nitrogen and oxygen atoms in total. The molecule has 22 heavy (non-hydrogen) atoms. The Bertz CT molecular complexity index is 467. The normalized spacial score (nSPS) is 18.3. The molecular weight excluding hydrogens is 292 g/mol. The molecule has 1 N–H and O–H groups in total. The van der Waals surface area contributed by atoms with E-state index in [2.05, 4.69) is 52.3 Å². The molecule has 1 aliphatic rings. The maximum atomic E-state index is 4.38. The summed E-state index contributed by atoms with van der Waals surface area (Å²) >= 11 is 1.69. The molecule has 2 rings (SSSR count). The monoisotopic (exact) mass is 322 g/mol. The Morgan fingerprint density at radius 1 is 1.36 bits per heavy atom. The van der Waals surface area contributed by atoms with E-state index in [0.29, 0.717) is 5.92 Å². The molecule has 0 radical (unpaired) electrons. The average Bonchev–Trinajstić information content (AvgIpc) is 2.89. The van der Waals surface area contributed by atoms with Crippen molar-refractivity contribution in [2.45, 2.75) is 57.7 Å². The highest BCUT2D eigenvalue weighted by Crippen LogP contribution is 2.18. The summed E-state index contributed by atoms with van der Waals surface area (Å²) in [6, 6.07) is 0. The average molecular weight is 323 g/mol. The minimum absolute atomic E-state index is 0.623. The fourth-order valence-electron chi connectivity index (χ4n) is 2.92. The van der Waals surface area contributed by atoms with Gasteiger partial charge in [0.25, 0.3) is 0 Å². The van der Waals surface area contributed by atoms with E-state index >= 15 is 0 Å². The van der Waals surface area contributed by atoms with Crippen LogP contribution in [0, 0.1) is 11.8 Å². The zero-order valence-electron chi connectivity index (χ0n) is 14.2. The highest BCUT2D eigenvalue weighted by Gasteiger charge is 2.12. The fourth-order valence-corrected chi connectivity index (χ4v) is 3.45. The Hall–Kier alpha value is -0.810. The van der Waals surface area contributed by atoms with E-state index in [0.717, 1.165) is 49.4 Å². The number of rotatable bonds is 9. The van der Waals surface area contributed by atoms with Crippen molar-refractivity contribution in [2.24, 2.45) is 11.8 Å². The molecule has 0 spiro atoms. The SMILES string of the molecule is CSc1nnc(CCCNCC2CC=CCC2)n1CC(C)C. The van der Waals surface area contributed by atoms with Crippen molar-refractivity contribution < 1.29 is 0 Å². The molecule has 1 atom stereocenters. The van der Waals surface area contributed by atoms with E-state index in [-0.39, 0.29) is 0 Å². The summed E-state index contributed by atoms with van der Waals surface area (Å²) in [5.41, 5.74) is 0. The number of allylic oxidation sites excluding steroid dienone is 2. The number of aromatic nitrogens is 3. The zero-order valence-corrected chi connectivity index (χ0v) is 15.0. The van der Waals surface area contributed by atoms with E-state index in [9.17, 15) is 0 Å². The summed E-state index contributed by atoms with van der Waals surface area (Å²) in [7, 11) is 0. The van der Waals surface area contributed by atoms with Crippen LogP contribution in [0.1, 0.15) is 45.4 Å². The van der Waals surface area contributed by atoms with Crippen LogP contribution in [0.3, 0.4) is 0 Å². The topological polar surface area (TPSA) is 42.7 Å². The molecule has 0 saturated heterocycles.